The van der Waals surface area contributed by atoms with Crippen LogP contribution in [0.3, 0.4) is 0 Å². The summed E-state index contributed by atoms with van der Waals surface area (Å²) in [5, 5.41) is 4.91. The quantitative estimate of drug-likeness (QED) is 0.729. The Labute approximate surface area is 164 Å². The van der Waals surface area contributed by atoms with E-state index >= 15 is 0 Å². The zero-order valence-corrected chi connectivity index (χ0v) is 15.9. The lowest BCUT2D eigenvalue weighted by atomic mass is 9.84. The van der Waals surface area contributed by atoms with Crippen LogP contribution in [0.25, 0.3) is 0 Å². The summed E-state index contributed by atoms with van der Waals surface area (Å²) >= 11 is 6.28. The molecule has 0 unspecified atom stereocenters. The molecular formula is C22H23ClN2O2. The molecule has 1 atom stereocenters. The number of amides is 1. The maximum atomic E-state index is 12.9. The third kappa shape index (κ3) is 4.16. The van der Waals surface area contributed by atoms with E-state index in [0.29, 0.717) is 24.5 Å². The molecule has 4 rings (SSSR count). The molecule has 1 saturated carbocycles. The van der Waals surface area contributed by atoms with Crippen LogP contribution < -0.4 is 0 Å². The Morgan fingerprint density at radius 3 is 2.56 bits per heavy atom. The van der Waals surface area contributed by atoms with Crippen molar-refractivity contribution >= 4 is 23.2 Å². The number of benzene rings is 2. The molecule has 1 amide bonds. The Bertz CT molecular complexity index is 833. The molecule has 0 bridgehead atoms. The molecule has 0 saturated heterocycles. The Kier molecular flexibility index (Phi) is 5.44. The standard InChI is InChI=1S/C22H23ClN2O2/c23-20-12-5-4-11-19(20)21-13-18(27-24-21)15-25(22(26)17-9-6-10-17)14-16-7-2-1-3-8-16/h1-5,7-8,11-12,17-18H,6,9-10,13-15H2/t18-/m1/s1. The van der Waals surface area contributed by atoms with E-state index in [1.54, 1.807) is 0 Å². The number of rotatable bonds is 6. The molecule has 1 fully saturated rings. The van der Waals surface area contributed by atoms with Gasteiger partial charge in [0.2, 0.25) is 5.91 Å². The first-order valence-electron chi connectivity index (χ1n) is 9.51. The van der Waals surface area contributed by atoms with Gasteiger partial charge in [-0.1, -0.05) is 71.7 Å². The zero-order valence-electron chi connectivity index (χ0n) is 15.2. The molecular weight excluding hydrogens is 360 g/mol. The maximum absolute atomic E-state index is 12.9. The highest BCUT2D eigenvalue weighted by Gasteiger charge is 2.33. The molecule has 0 spiro atoms. The van der Waals surface area contributed by atoms with Gasteiger partial charge < -0.3 is 9.74 Å². The lowest BCUT2D eigenvalue weighted by Gasteiger charge is -2.32. The minimum atomic E-state index is -0.135. The third-order valence-electron chi connectivity index (χ3n) is 5.32. The van der Waals surface area contributed by atoms with E-state index < -0.39 is 0 Å². The predicted molar refractivity (Wildman–Crippen MR) is 107 cm³/mol. The summed E-state index contributed by atoms with van der Waals surface area (Å²) in [7, 11) is 0. The van der Waals surface area contributed by atoms with Gasteiger partial charge in [-0.2, -0.15) is 0 Å². The molecule has 4 nitrogen and oxygen atoms in total. The number of nitrogens with zero attached hydrogens (tertiary/aromatic N) is 2. The van der Waals surface area contributed by atoms with Crippen molar-refractivity contribution in [3.63, 3.8) is 0 Å². The van der Waals surface area contributed by atoms with Crippen molar-refractivity contribution in [2.24, 2.45) is 11.1 Å². The molecule has 0 radical (unpaired) electrons. The van der Waals surface area contributed by atoms with E-state index in [9.17, 15) is 4.79 Å². The van der Waals surface area contributed by atoms with Crippen molar-refractivity contribution in [2.75, 3.05) is 6.54 Å². The fourth-order valence-electron chi connectivity index (χ4n) is 3.58. The smallest absolute Gasteiger partial charge is 0.226 e. The topological polar surface area (TPSA) is 41.9 Å². The van der Waals surface area contributed by atoms with Crippen LogP contribution in [0.4, 0.5) is 0 Å². The van der Waals surface area contributed by atoms with E-state index in [0.717, 1.165) is 36.1 Å². The lowest BCUT2D eigenvalue weighted by molar-refractivity contribution is -0.140. The van der Waals surface area contributed by atoms with Crippen LogP contribution in [0.15, 0.2) is 59.8 Å². The van der Waals surface area contributed by atoms with Gasteiger partial charge in [0.05, 0.1) is 12.3 Å². The minimum absolute atomic E-state index is 0.135. The summed E-state index contributed by atoms with van der Waals surface area (Å²) in [5.41, 5.74) is 2.89. The van der Waals surface area contributed by atoms with E-state index in [4.69, 9.17) is 16.4 Å². The molecule has 0 N–H and O–H groups in total. The predicted octanol–water partition coefficient (Wildman–Crippen LogP) is 4.66. The lowest BCUT2D eigenvalue weighted by Crippen LogP contribution is -2.42. The van der Waals surface area contributed by atoms with Crippen molar-refractivity contribution in [3.8, 4) is 0 Å². The number of hydrogen-bond donors (Lipinski definition) is 0. The second-order valence-electron chi connectivity index (χ2n) is 7.28. The van der Waals surface area contributed by atoms with Gasteiger partial charge in [-0.3, -0.25) is 4.79 Å². The Morgan fingerprint density at radius 2 is 1.85 bits per heavy atom. The van der Waals surface area contributed by atoms with E-state index in [2.05, 4.69) is 17.3 Å². The maximum Gasteiger partial charge on any atom is 0.226 e. The fraction of sp³-hybridized carbons (Fsp3) is 0.364. The average molecular weight is 383 g/mol. The van der Waals surface area contributed by atoms with Crippen LogP contribution in [0, 0.1) is 5.92 Å². The SMILES string of the molecule is O=C(C1CCC1)N(Cc1ccccc1)C[C@H]1CC(c2ccccc2Cl)=NO1. The molecule has 0 aromatic heterocycles. The first-order chi connectivity index (χ1) is 13.2. The van der Waals surface area contributed by atoms with Gasteiger partial charge in [0.25, 0.3) is 0 Å². The van der Waals surface area contributed by atoms with Crippen molar-refractivity contribution < 1.29 is 9.63 Å². The summed E-state index contributed by atoms with van der Waals surface area (Å²) in [4.78, 5) is 20.5. The molecule has 2 aromatic carbocycles. The van der Waals surface area contributed by atoms with E-state index in [1.165, 1.54) is 0 Å². The Balaban J connectivity index is 1.44. The normalized spacial score (nSPS) is 19.1. The van der Waals surface area contributed by atoms with Crippen molar-refractivity contribution in [3.05, 3.63) is 70.7 Å². The van der Waals surface area contributed by atoms with Crippen LogP contribution in [0.2, 0.25) is 5.02 Å². The van der Waals surface area contributed by atoms with Gasteiger partial charge in [0.15, 0.2) is 6.10 Å². The van der Waals surface area contributed by atoms with Gasteiger partial charge in [-0.05, 0) is 24.5 Å². The van der Waals surface area contributed by atoms with Gasteiger partial charge >= 0.3 is 0 Å². The zero-order chi connectivity index (χ0) is 18.6. The highest BCUT2D eigenvalue weighted by Crippen LogP contribution is 2.30. The Hall–Kier alpha value is -2.33. The minimum Gasteiger partial charge on any atom is -0.390 e. The Morgan fingerprint density at radius 1 is 1.11 bits per heavy atom. The van der Waals surface area contributed by atoms with Gasteiger partial charge in [0.1, 0.15) is 0 Å². The summed E-state index contributed by atoms with van der Waals surface area (Å²) in [6, 6.07) is 17.8. The second-order valence-corrected chi connectivity index (χ2v) is 7.69. The first-order valence-corrected chi connectivity index (χ1v) is 9.89. The molecule has 1 aliphatic carbocycles. The van der Waals surface area contributed by atoms with Crippen molar-refractivity contribution in [1.82, 2.24) is 4.90 Å². The monoisotopic (exact) mass is 382 g/mol. The third-order valence-corrected chi connectivity index (χ3v) is 5.65. The number of carbonyl (C=O) groups excluding carboxylic acids is 1. The molecule has 140 valence electrons. The summed E-state index contributed by atoms with van der Waals surface area (Å²) in [6.07, 6.45) is 3.67. The first kappa shape index (κ1) is 18.1. The second kappa shape index (κ2) is 8.13. The number of halogens is 1. The van der Waals surface area contributed by atoms with Crippen LogP contribution >= 0.6 is 11.6 Å². The average Bonchev–Trinajstić information content (AvgIpc) is 3.09. The molecule has 1 aliphatic heterocycles. The highest BCUT2D eigenvalue weighted by atomic mass is 35.5. The van der Waals surface area contributed by atoms with Gasteiger partial charge in [-0.15, -0.1) is 0 Å². The van der Waals surface area contributed by atoms with Gasteiger partial charge in [-0.25, -0.2) is 0 Å². The van der Waals surface area contributed by atoms with Crippen LogP contribution in [0.5, 0.6) is 0 Å². The summed E-state index contributed by atoms with van der Waals surface area (Å²) in [5.74, 6) is 0.402. The largest absolute Gasteiger partial charge is 0.390 e. The van der Waals surface area contributed by atoms with E-state index in [-0.39, 0.29) is 17.9 Å². The molecule has 1 heterocycles. The van der Waals surface area contributed by atoms with E-state index in [1.807, 2.05) is 47.4 Å². The number of carbonyl (C=O) groups is 1. The van der Waals surface area contributed by atoms with Crippen LogP contribution in [-0.2, 0) is 16.2 Å². The summed E-state index contributed by atoms with van der Waals surface area (Å²) in [6.45, 7) is 1.15. The number of hydrogen-bond acceptors (Lipinski definition) is 3. The summed E-state index contributed by atoms with van der Waals surface area (Å²) < 4.78 is 0. The van der Waals surface area contributed by atoms with Crippen LogP contribution in [0.1, 0.15) is 36.8 Å². The van der Waals surface area contributed by atoms with Crippen LogP contribution in [-0.4, -0.2) is 29.2 Å². The molecule has 5 heteroatoms. The molecule has 2 aliphatic rings. The number of oxime groups is 1. The molecule has 27 heavy (non-hydrogen) atoms. The van der Waals surface area contributed by atoms with Gasteiger partial charge in [0, 0.05) is 29.5 Å². The van der Waals surface area contributed by atoms with Crippen molar-refractivity contribution in [1.29, 1.82) is 0 Å². The fourth-order valence-corrected chi connectivity index (χ4v) is 3.82. The molecule has 2 aromatic rings. The highest BCUT2D eigenvalue weighted by molar-refractivity contribution is 6.34. The van der Waals surface area contributed by atoms with Crippen molar-refractivity contribution in [2.45, 2.75) is 38.3 Å².